The highest BCUT2D eigenvalue weighted by Gasteiger charge is 2.29. The number of hydrogen-bond donors (Lipinski definition) is 3. The number of carbonyl (C=O) groups is 4. The second-order valence-electron chi connectivity index (χ2n) is 8.55. The molecule has 3 amide bonds. The molecule has 0 spiro atoms. The molecule has 0 saturated carbocycles. The van der Waals surface area contributed by atoms with Crippen LogP contribution in [0.3, 0.4) is 0 Å². The van der Waals surface area contributed by atoms with Crippen molar-refractivity contribution in [3.8, 4) is 0 Å². The van der Waals surface area contributed by atoms with Crippen LogP contribution in [0.1, 0.15) is 44.9 Å². The number of carbonyl (C=O) groups excluding carboxylic acids is 4. The summed E-state index contributed by atoms with van der Waals surface area (Å²) in [5, 5.41) is 7.76. The number of benzene rings is 1. The molecule has 0 bridgehead atoms. The maximum atomic E-state index is 12.9. The molecule has 0 radical (unpaired) electrons. The first kappa shape index (κ1) is 27.5. The third kappa shape index (κ3) is 9.95. The van der Waals surface area contributed by atoms with Gasteiger partial charge in [-0.15, -0.1) is 0 Å². The number of amides is 3. The zero-order valence-corrected chi connectivity index (χ0v) is 20.5. The fraction of sp³-hybridized carbons (Fsp3) is 0.423. The van der Waals surface area contributed by atoms with Gasteiger partial charge in [0.2, 0.25) is 11.7 Å². The Bertz CT molecular complexity index is 966. The van der Waals surface area contributed by atoms with E-state index in [4.69, 9.17) is 4.74 Å². The van der Waals surface area contributed by atoms with E-state index in [0.29, 0.717) is 12.8 Å². The average Bonchev–Trinajstić information content (AvgIpc) is 2.86. The smallest absolute Gasteiger partial charge is 0.408 e. The lowest BCUT2D eigenvalue weighted by atomic mass is 10.0. The van der Waals surface area contributed by atoms with Gasteiger partial charge in [-0.2, -0.15) is 0 Å². The number of alkyl carbamates (subject to hydrolysis) is 1. The lowest BCUT2D eigenvalue weighted by Gasteiger charge is -2.23. The Morgan fingerprint density at radius 2 is 1.66 bits per heavy atom. The van der Waals surface area contributed by atoms with Crippen LogP contribution in [0.25, 0.3) is 0 Å². The molecule has 2 rings (SSSR count). The van der Waals surface area contributed by atoms with E-state index < -0.39 is 35.8 Å². The number of pyridine rings is 1. The van der Waals surface area contributed by atoms with Crippen LogP contribution in [0.5, 0.6) is 0 Å². The van der Waals surface area contributed by atoms with Crippen LogP contribution in [0.4, 0.5) is 4.79 Å². The van der Waals surface area contributed by atoms with Crippen LogP contribution >= 0.6 is 0 Å². The van der Waals surface area contributed by atoms with Crippen molar-refractivity contribution in [2.75, 3.05) is 6.54 Å². The number of nitrogens with zero attached hydrogens (tertiary/aromatic N) is 1. The van der Waals surface area contributed by atoms with Crippen LogP contribution in [0.15, 0.2) is 54.7 Å². The first-order valence-electron chi connectivity index (χ1n) is 11.8. The summed E-state index contributed by atoms with van der Waals surface area (Å²) < 4.78 is 5.22. The Balaban J connectivity index is 1.89. The molecule has 1 aromatic carbocycles. The van der Waals surface area contributed by atoms with Crippen molar-refractivity contribution in [1.29, 1.82) is 0 Å². The number of ether oxygens (including phenoxy) is 1. The fourth-order valence-corrected chi connectivity index (χ4v) is 3.33. The zero-order chi connectivity index (χ0) is 25.6. The minimum absolute atomic E-state index is 0.0669. The van der Waals surface area contributed by atoms with Crippen molar-refractivity contribution in [3.63, 3.8) is 0 Å². The molecular formula is C26H34N4O5. The number of rotatable bonds is 13. The predicted octanol–water partition coefficient (Wildman–Crippen LogP) is 2.55. The molecule has 9 heteroatoms. The third-order valence-electron chi connectivity index (χ3n) is 5.19. The highest BCUT2D eigenvalue weighted by Crippen LogP contribution is 2.08. The fourth-order valence-electron chi connectivity index (χ4n) is 3.33. The topological polar surface area (TPSA) is 126 Å². The Labute approximate surface area is 206 Å². The van der Waals surface area contributed by atoms with Gasteiger partial charge in [0, 0.05) is 24.9 Å². The molecule has 188 valence electrons. The maximum absolute atomic E-state index is 12.9. The van der Waals surface area contributed by atoms with Crippen LogP contribution in [-0.4, -0.2) is 47.3 Å². The number of Topliss-reactive ketones (excluding diaryl/α,β-unsaturated/α-hetero) is 1. The second kappa shape index (κ2) is 14.5. The lowest BCUT2D eigenvalue weighted by Crippen LogP contribution is -2.54. The van der Waals surface area contributed by atoms with Gasteiger partial charge < -0.3 is 20.7 Å². The number of aromatic nitrogens is 1. The minimum atomic E-state index is -1.01. The van der Waals surface area contributed by atoms with Gasteiger partial charge in [0.1, 0.15) is 12.6 Å². The van der Waals surface area contributed by atoms with E-state index in [-0.39, 0.29) is 25.5 Å². The van der Waals surface area contributed by atoms with Crippen molar-refractivity contribution >= 4 is 23.7 Å². The number of nitrogens with one attached hydrogen (secondary N) is 3. The summed E-state index contributed by atoms with van der Waals surface area (Å²) >= 11 is 0. The van der Waals surface area contributed by atoms with E-state index in [1.165, 1.54) is 0 Å². The quantitative estimate of drug-likeness (QED) is 0.377. The van der Waals surface area contributed by atoms with E-state index in [1.807, 2.05) is 56.3 Å². The van der Waals surface area contributed by atoms with E-state index in [0.717, 1.165) is 11.3 Å². The van der Waals surface area contributed by atoms with E-state index >= 15 is 0 Å². The van der Waals surface area contributed by atoms with Crippen molar-refractivity contribution in [2.24, 2.45) is 5.92 Å². The summed E-state index contributed by atoms with van der Waals surface area (Å²) in [7, 11) is 0. The van der Waals surface area contributed by atoms with Crippen molar-refractivity contribution in [3.05, 3.63) is 66.0 Å². The Morgan fingerprint density at radius 1 is 0.943 bits per heavy atom. The largest absolute Gasteiger partial charge is 0.445 e. The van der Waals surface area contributed by atoms with Gasteiger partial charge in [-0.05, 0) is 36.5 Å². The number of ketones is 1. The molecule has 35 heavy (non-hydrogen) atoms. The summed E-state index contributed by atoms with van der Waals surface area (Å²) in [4.78, 5) is 54.3. The SMILES string of the molecule is CCC(NC(=O)[C@H](CC(C)C)NC(=O)OCc1ccccc1)C(=O)C(=O)NCCc1ccccn1. The lowest BCUT2D eigenvalue weighted by molar-refractivity contribution is -0.140. The van der Waals surface area contributed by atoms with Gasteiger partial charge in [0.25, 0.3) is 5.91 Å². The highest BCUT2D eigenvalue weighted by atomic mass is 16.5. The molecule has 1 heterocycles. The molecule has 9 nitrogen and oxygen atoms in total. The molecule has 0 aliphatic heterocycles. The van der Waals surface area contributed by atoms with Gasteiger partial charge in [0.05, 0.1) is 6.04 Å². The molecule has 1 unspecified atom stereocenters. The molecule has 0 aliphatic rings. The first-order chi connectivity index (χ1) is 16.8. The Morgan fingerprint density at radius 3 is 2.29 bits per heavy atom. The van der Waals surface area contributed by atoms with Gasteiger partial charge in [-0.25, -0.2) is 4.79 Å². The Kier molecular flexibility index (Phi) is 11.4. The first-order valence-corrected chi connectivity index (χ1v) is 11.8. The van der Waals surface area contributed by atoms with E-state index in [1.54, 1.807) is 19.2 Å². The monoisotopic (exact) mass is 482 g/mol. The minimum Gasteiger partial charge on any atom is -0.445 e. The zero-order valence-electron chi connectivity index (χ0n) is 20.5. The summed E-state index contributed by atoms with van der Waals surface area (Å²) in [5.41, 5.74) is 1.61. The van der Waals surface area contributed by atoms with Crippen LogP contribution in [0, 0.1) is 5.92 Å². The van der Waals surface area contributed by atoms with Crippen molar-refractivity contribution in [2.45, 2.75) is 58.7 Å². The standard InChI is InChI=1S/C26H34N4O5/c1-4-21(23(31)25(33)28-15-13-20-12-8-9-14-27-20)29-24(32)22(16-18(2)3)30-26(34)35-17-19-10-6-5-7-11-19/h5-12,14,18,21-22H,4,13,15-17H2,1-3H3,(H,28,33)(H,29,32)(H,30,34)/t21?,22-/m0/s1. The Hall–Kier alpha value is -3.75. The normalized spacial score (nSPS) is 12.3. The number of hydrogen-bond acceptors (Lipinski definition) is 6. The van der Waals surface area contributed by atoms with Crippen LogP contribution in [-0.2, 0) is 32.1 Å². The summed E-state index contributed by atoms with van der Waals surface area (Å²) in [5.74, 6) is -1.97. The van der Waals surface area contributed by atoms with Gasteiger partial charge in [-0.3, -0.25) is 19.4 Å². The summed E-state index contributed by atoms with van der Waals surface area (Å²) in [6.45, 7) is 5.83. The maximum Gasteiger partial charge on any atom is 0.408 e. The summed E-state index contributed by atoms with van der Waals surface area (Å²) in [6, 6.07) is 12.7. The van der Waals surface area contributed by atoms with Crippen LogP contribution in [0.2, 0.25) is 0 Å². The van der Waals surface area contributed by atoms with Crippen molar-refractivity contribution in [1.82, 2.24) is 20.9 Å². The molecule has 1 aromatic heterocycles. The summed E-state index contributed by atoms with van der Waals surface area (Å²) in [6.07, 6.45) is 1.97. The molecule has 0 fully saturated rings. The molecule has 0 aliphatic carbocycles. The third-order valence-corrected chi connectivity index (χ3v) is 5.19. The van der Waals surface area contributed by atoms with Crippen LogP contribution < -0.4 is 16.0 Å². The van der Waals surface area contributed by atoms with Gasteiger partial charge in [-0.1, -0.05) is 57.2 Å². The predicted molar refractivity (Wildman–Crippen MR) is 131 cm³/mol. The molecule has 0 saturated heterocycles. The van der Waals surface area contributed by atoms with E-state index in [2.05, 4.69) is 20.9 Å². The molecule has 2 atom stereocenters. The molecular weight excluding hydrogens is 448 g/mol. The highest BCUT2D eigenvalue weighted by molar-refractivity contribution is 6.38. The van der Waals surface area contributed by atoms with E-state index in [9.17, 15) is 19.2 Å². The van der Waals surface area contributed by atoms with Gasteiger partial charge >= 0.3 is 6.09 Å². The molecule has 3 N–H and O–H groups in total. The second-order valence-corrected chi connectivity index (χ2v) is 8.55. The van der Waals surface area contributed by atoms with Crippen molar-refractivity contribution < 1.29 is 23.9 Å². The molecule has 2 aromatic rings. The van der Waals surface area contributed by atoms with Gasteiger partial charge in [0.15, 0.2) is 0 Å². The average molecular weight is 483 g/mol.